The van der Waals surface area contributed by atoms with Crippen molar-refractivity contribution < 1.29 is 13.2 Å². The van der Waals surface area contributed by atoms with Gasteiger partial charge in [-0.3, -0.25) is 14.1 Å². The maximum Gasteiger partial charge on any atom is 0.264 e. The van der Waals surface area contributed by atoms with E-state index in [9.17, 15) is 13.2 Å². The molecule has 0 saturated heterocycles. The van der Waals surface area contributed by atoms with Crippen LogP contribution in [0.3, 0.4) is 0 Å². The number of aryl methyl sites for hydroxylation is 1. The minimum Gasteiger partial charge on any atom is -0.346 e. The molecule has 1 heterocycles. The topological polar surface area (TPSA) is 79.4 Å². The first-order valence-corrected chi connectivity index (χ1v) is 10.2. The van der Waals surface area contributed by atoms with Crippen molar-refractivity contribution in [2.75, 3.05) is 11.4 Å². The standard InChI is InChI=1S/C21H21N3O3S/c1-16-8-3-4-12-20(16)24(2)28(26,27)19-11-7-9-17(14-19)21(25)23-15-18-10-5-6-13-22-18/h3-14H,15H2,1-2H3,(H,23,25). The molecule has 0 bridgehead atoms. The van der Waals surface area contributed by atoms with E-state index in [1.54, 1.807) is 42.6 Å². The summed E-state index contributed by atoms with van der Waals surface area (Å²) in [5.41, 5.74) is 2.43. The fraction of sp³-hybridized carbons (Fsp3) is 0.143. The number of aromatic nitrogens is 1. The van der Waals surface area contributed by atoms with Gasteiger partial charge >= 0.3 is 0 Å². The number of amides is 1. The lowest BCUT2D eigenvalue weighted by Gasteiger charge is -2.21. The maximum absolute atomic E-state index is 13.0. The molecule has 1 N–H and O–H groups in total. The minimum atomic E-state index is -3.80. The number of hydrogen-bond donors (Lipinski definition) is 1. The van der Waals surface area contributed by atoms with Crippen LogP contribution in [0, 0.1) is 6.92 Å². The molecule has 0 atom stereocenters. The Hall–Kier alpha value is -3.19. The Morgan fingerprint density at radius 2 is 1.79 bits per heavy atom. The molecule has 6 nitrogen and oxygen atoms in total. The molecule has 0 radical (unpaired) electrons. The highest BCUT2D eigenvalue weighted by atomic mass is 32.2. The van der Waals surface area contributed by atoms with Gasteiger partial charge in [0.25, 0.3) is 15.9 Å². The van der Waals surface area contributed by atoms with Gasteiger partial charge in [0, 0.05) is 18.8 Å². The second-order valence-corrected chi connectivity index (χ2v) is 8.26. The van der Waals surface area contributed by atoms with Crippen LogP contribution in [0.15, 0.2) is 77.8 Å². The van der Waals surface area contributed by atoms with Crippen LogP contribution in [0.2, 0.25) is 0 Å². The molecule has 0 spiro atoms. The predicted molar refractivity (Wildman–Crippen MR) is 109 cm³/mol. The van der Waals surface area contributed by atoms with Crippen LogP contribution >= 0.6 is 0 Å². The number of pyridine rings is 1. The molecule has 28 heavy (non-hydrogen) atoms. The van der Waals surface area contributed by atoms with E-state index < -0.39 is 10.0 Å². The highest BCUT2D eigenvalue weighted by Gasteiger charge is 2.23. The molecule has 3 rings (SSSR count). The van der Waals surface area contributed by atoms with Crippen molar-refractivity contribution in [3.8, 4) is 0 Å². The van der Waals surface area contributed by atoms with Gasteiger partial charge < -0.3 is 5.32 Å². The van der Waals surface area contributed by atoms with Crippen molar-refractivity contribution in [3.05, 3.63) is 89.7 Å². The summed E-state index contributed by atoms with van der Waals surface area (Å²) < 4.78 is 27.3. The number of benzene rings is 2. The van der Waals surface area contributed by atoms with Crippen molar-refractivity contribution in [3.63, 3.8) is 0 Å². The van der Waals surface area contributed by atoms with E-state index in [-0.39, 0.29) is 22.9 Å². The molecular weight excluding hydrogens is 374 g/mol. The molecular formula is C21H21N3O3S. The number of para-hydroxylation sites is 1. The van der Waals surface area contributed by atoms with Crippen LogP contribution in [0.5, 0.6) is 0 Å². The van der Waals surface area contributed by atoms with Crippen molar-refractivity contribution >= 4 is 21.6 Å². The summed E-state index contributed by atoms with van der Waals surface area (Å²) >= 11 is 0. The Morgan fingerprint density at radius 1 is 1.04 bits per heavy atom. The number of anilines is 1. The summed E-state index contributed by atoms with van der Waals surface area (Å²) in [5.74, 6) is -0.360. The molecule has 0 aliphatic carbocycles. The number of rotatable bonds is 6. The van der Waals surface area contributed by atoms with Crippen LogP contribution < -0.4 is 9.62 Å². The Bertz CT molecular complexity index is 1080. The van der Waals surface area contributed by atoms with E-state index in [0.29, 0.717) is 5.69 Å². The number of carbonyl (C=O) groups is 1. The second-order valence-electron chi connectivity index (χ2n) is 6.29. The van der Waals surface area contributed by atoms with E-state index in [1.807, 2.05) is 25.1 Å². The SMILES string of the molecule is Cc1ccccc1N(C)S(=O)(=O)c1cccc(C(=O)NCc2ccccn2)c1. The van der Waals surface area contributed by atoms with Gasteiger partial charge in [0.15, 0.2) is 0 Å². The van der Waals surface area contributed by atoms with Crippen LogP contribution in [-0.4, -0.2) is 26.4 Å². The number of nitrogens with zero attached hydrogens (tertiary/aromatic N) is 2. The molecule has 1 amide bonds. The van der Waals surface area contributed by atoms with E-state index in [2.05, 4.69) is 10.3 Å². The van der Waals surface area contributed by atoms with Crippen molar-refractivity contribution in [1.29, 1.82) is 0 Å². The Balaban J connectivity index is 1.82. The predicted octanol–water partition coefficient (Wildman–Crippen LogP) is 3.15. The summed E-state index contributed by atoms with van der Waals surface area (Å²) in [6.07, 6.45) is 1.65. The number of nitrogens with one attached hydrogen (secondary N) is 1. The van der Waals surface area contributed by atoms with Crippen LogP contribution in [0.25, 0.3) is 0 Å². The molecule has 144 valence electrons. The molecule has 0 saturated carbocycles. The van der Waals surface area contributed by atoms with Gasteiger partial charge in [0.05, 0.1) is 22.8 Å². The zero-order valence-corrected chi connectivity index (χ0v) is 16.5. The average Bonchev–Trinajstić information content (AvgIpc) is 2.72. The smallest absolute Gasteiger partial charge is 0.264 e. The van der Waals surface area contributed by atoms with Gasteiger partial charge in [-0.05, 0) is 48.9 Å². The van der Waals surface area contributed by atoms with Gasteiger partial charge in [0.1, 0.15) is 0 Å². The third kappa shape index (κ3) is 4.20. The summed E-state index contributed by atoms with van der Waals surface area (Å²) in [7, 11) is -2.29. The Kier molecular flexibility index (Phi) is 5.75. The van der Waals surface area contributed by atoms with E-state index >= 15 is 0 Å². The number of carbonyl (C=O) groups excluding carboxylic acids is 1. The molecule has 3 aromatic rings. The fourth-order valence-corrected chi connectivity index (χ4v) is 4.08. The molecule has 2 aromatic carbocycles. The molecule has 0 aliphatic heterocycles. The molecule has 0 fully saturated rings. The van der Waals surface area contributed by atoms with Crippen LogP contribution in [-0.2, 0) is 16.6 Å². The third-order valence-corrected chi connectivity index (χ3v) is 6.13. The summed E-state index contributed by atoms with van der Waals surface area (Å²) in [6, 6.07) is 18.7. The van der Waals surface area contributed by atoms with E-state index in [0.717, 1.165) is 11.3 Å². The van der Waals surface area contributed by atoms with Gasteiger partial charge in [-0.1, -0.05) is 30.3 Å². The monoisotopic (exact) mass is 395 g/mol. The number of hydrogen-bond acceptors (Lipinski definition) is 4. The van der Waals surface area contributed by atoms with Gasteiger partial charge in [-0.15, -0.1) is 0 Å². The zero-order valence-electron chi connectivity index (χ0n) is 15.7. The molecule has 1 aromatic heterocycles. The fourth-order valence-electron chi connectivity index (χ4n) is 2.78. The molecule has 0 unspecified atom stereocenters. The van der Waals surface area contributed by atoms with Gasteiger partial charge in [0.2, 0.25) is 0 Å². The quantitative estimate of drug-likeness (QED) is 0.695. The summed E-state index contributed by atoms with van der Waals surface area (Å²) in [6.45, 7) is 2.11. The summed E-state index contributed by atoms with van der Waals surface area (Å²) in [4.78, 5) is 16.7. The summed E-state index contributed by atoms with van der Waals surface area (Å²) in [5, 5.41) is 2.75. The third-order valence-electron chi connectivity index (χ3n) is 4.37. The van der Waals surface area contributed by atoms with Gasteiger partial charge in [-0.25, -0.2) is 8.42 Å². The largest absolute Gasteiger partial charge is 0.346 e. The Morgan fingerprint density at radius 3 is 2.50 bits per heavy atom. The lowest BCUT2D eigenvalue weighted by Crippen LogP contribution is -2.28. The second kappa shape index (κ2) is 8.22. The first-order chi connectivity index (χ1) is 13.4. The lowest BCUT2D eigenvalue weighted by molar-refractivity contribution is 0.0950. The van der Waals surface area contributed by atoms with Crippen molar-refractivity contribution in [1.82, 2.24) is 10.3 Å². The molecule has 7 heteroatoms. The van der Waals surface area contributed by atoms with Crippen LogP contribution in [0.1, 0.15) is 21.6 Å². The maximum atomic E-state index is 13.0. The lowest BCUT2D eigenvalue weighted by atomic mass is 10.2. The van der Waals surface area contributed by atoms with Crippen molar-refractivity contribution in [2.24, 2.45) is 0 Å². The van der Waals surface area contributed by atoms with Gasteiger partial charge in [-0.2, -0.15) is 0 Å². The zero-order chi connectivity index (χ0) is 20.1. The Labute approximate surface area is 164 Å². The highest BCUT2D eigenvalue weighted by Crippen LogP contribution is 2.25. The minimum absolute atomic E-state index is 0.0590. The highest BCUT2D eigenvalue weighted by molar-refractivity contribution is 7.92. The van der Waals surface area contributed by atoms with E-state index in [4.69, 9.17) is 0 Å². The first-order valence-electron chi connectivity index (χ1n) is 8.72. The van der Waals surface area contributed by atoms with Crippen LogP contribution in [0.4, 0.5) is 5.69 Å². The first kappa shape index (κ1) is 19.6. The van der Waals surface area contributed by atoms with E-state index in [1.165, 1.54) is 23.5 Å². The van der Waals surface area contributed by atoms with Crippen molar-refractivity contribution in [2.45, 2.75) is 18.4 Å². The molecule has 0 aliphatic rings. The number of sulfonamides is 1. The normalized spacial score (nSPS) is 11.1. The average molecular weight is 395 g/mol.